The molecule has 2 nitrogen and oxygen atoms in total. The van der Waals surface area contributed by atoms with E-state index in [-0.39, 0.29) is 0 Å². The number of para-hydroxylation sites is 1. The van der Waals surface area contributed by atoms with Gasteiger partial charge in [0.1, 0.15) is 5.82 Å². The lowest BCUT2D eigenvalue weighted by Gasteiger charge is -2.11. The first-order valence-corrected chi connectivity index (χ1v) is 13.9. The summed E-state index contributed by atoms with van der Waals surface area (Å²) in [4.78, 5) is 5.27. The van der Waals surface area contributed by atoms with Gasteiger partial charge in [-0.15, -0.1) is 11.3 Å². The van der Waals surface area contributed by atoms with E-state index < -0.39 is 0 Å². The SMILES string of the molecule is Brc1cc2c3ccccc3n(-c3cccc(-c4cccc5ccccc45)n3)c2c2sc3ccccc3c12. The van der Waals surface area contributed by atoms with Crippen molar-refractivity contribution in [3.05, 3.63) is 120 Å². The van der Waals surface area contributed by atoms with E-state index >= 15 is 0 Å². The second kappa shape index (κ2) is 8.01. The van der Waals surface area contributed by atoms with Gasteiger partial charge >= 0.3 is 0 Å². The summed E-state index contributed by atoms with van der Waals surface area (Å²) in [7, 11) is 0. The van der Waals surface area contributed by atoms with Crippen LogP contribution in [0, 0.1) is 0 Å². The summed E-state index contributed by atoms with van der Waals surface area (Å²) in [5, 5.41) is 7.45. The summed E-state index contributed by atoms with van der Waals surface area (Å²) in [5.41, 5.74) is 4.50. The molecule has 4 heteroatoms. The summed E-state index contributed by atoms with van der Waals surface area (Å²) in [6.45, 7) is 0. The van der Waals surface area contributed by atoms with Crippen molar-refractivity contribution in [1.29, 1.82) is 0 Å². The zero-order valence-electron chi connectivity index (χ0n) is 19.7. The van der Waals surface area contributed by atoms with E-state index in [0.29, 0.717) is 0 Å². The fraction of sp³-hybridized carbons (Fsp3) is 0. The molecule has 0 radical (unpaired) electrons. The molecule has 8 rings (SSSR count). The van der Waals surface area contributed by atoms with Crippen molar-refractivity contribution in [2.45, 2.75) is 0 Å². The molecule has 5 aromatic carbocycles. The maximum atomic E-state index is 5.27. The monoisotopic (exact) mass is 554 g/mol. The molecule has 8 aromatic rings. The van der Waals surface area contributed by atoms with Crippen LogP contribution in [0.15, 0.2) is 120 Å². The van der Waals surface area contributed by atoms with Gasteiger partial charge in [0.2, 0.25) is 0 Å². The molecule has 3 heterocycles. The average Bonchev–Trinajstić information content (AvgIpc) is 3.50. The van der Waals surface area contributed by atoms with Gasteiger partial charge in [0.15, 0.2) is 0 Å². The van der Waals surface area contributed by atoms with Crippen LogP contribution in [-0.4, -0.2) is 9.55 Å². The number of benzene rings is 5. The van der Waals surface area contributed by atoms with Crippen molar-refractivity contribution < 1.29 is 0 Å². The molecule has 0 saturated carbocycles. The van der Waals surface area contributed by atoms with Crippen molar-refractivity contribution in [3.63, 3.8) is 0 Å². The van der Waals surface area contributed by atoms with E-state index in [9.17, 15) is 0 Å². The third-order valence-electron chi connectivity index (χ3n) is 7.26. The van der Waals surface area contributed by atoms with Gasteiger partial charge in [-0.1, -0.05) is 101 Å². The lowest BCUT2D eigenvalue weighted by Crippen LogP contribution is -1.99. The first kappa shape index (κ1) is 21.1. The predicted molar refractivity (Wildman–Crippen MR) is 162 cm³/mol. The number of nitrogens with zero attached hydrogens (tertiary/aromatic N) is 2. The minimum atomic E-state index is 0.928. The Labute approximate surface area is 225 Å². The minimum absolute atomic E-state index is 0.928. The van der Waals surface area contributed by atoms with Crippen LogP contribution in [0.4, 0.5) is 0 Å². The topological polar surface area (TPSA) is 17.8 Å². The third-order valence-corrected chi connectivity index (χ3v) is 9.07. The highest BCUT2D eigenvalue weighted by molar-refractivity contribution is 9.10. The number of thiophene rings is 1. The molecular formula is C33H19BrN2S. The smallest absolute Gasteiger partial charge is 0.138 e. The Morgan fingerprint density at radius 2 is 1.38 bits per heavy atom. The standard InChI is InChI=1S/C33H19BrN2S/c34-26-19-25-23-12-3-5-16-28(23)36(32(25)33-31(26)24-13-4-6-17-29(24)37-33)30-18-8-15-27(35-30)22-14-7-10-20-9-1-2-11-21(20)22/h1-19H. The van der Waals surface area contributed by atoms with Crippen LogP contribution in [0.5, 0.6) is 0 Å². The zero-order valence-corrected chi connectivity index (χ0v) is 22.1. The average molecular weight is 556 g/mol. The molecule has 174 valence electrons. The van der Waals surface area contributed by atoms with E-state index in [4.69, 9.17) is 4.98 Å². The Morgan fingerprint density at radius 1 is 0.649 bits per heavy atom. The zero-order chi connectivity index (χ0) is 24.5. The Kier molecular flexibility index (Phi) is 4.57. The maximum absolute atomic E-state index is 5.27. The highest BCUT2D eigenvalue weighted by Crippen LogP contribution is 2.46. The highest BCUT2D eigenvalue weighted by Gasteiger charge is 2.20. The molecule has 0 aliphatic heterocycles. The van der Waals surface area contributed by atoms with Gasteiger partial charge in [-0.2, -0.15) is 0 Å². The van der Waals surface area contributed by atoms with Crippen LogP contribution in [-0.2, 0) is 0 Å². The quantitative estimate of drug-likeness (QED) is 0.208. The molecule has 0 atom stereocenters. The second-order valence-corrected chi connectivity index (χ2v) is 11.2. The maximum Gasteiger partial charge on any atom is 0.138 e. The van der Waals surface area contributed by atoms with Crippen molar-refractivity contribution in [2.24, 2.45) is 0 Å². The van der Waals surface area contributed by atoms with Gasteiger partial charge in [-0.3, -0.25) is 4.57 Å². The molecule has 0 fully saturated rings. The molecule has 0 bridgehead atoms. The van der Waals surface area contributed by atoms with Gasteiger partial charge in [-0.05, 0) is 41.1 Å². The predicted octanol–water partition coefficient (Wildman–Crippen LogP) is 10.1. The van der Waals surface area contributed by atoms with Crippen molar-refractivity contribution >= 4 is 80.0 Å². The number of rotatable bonds is 2. The number of halogens is 1. The molecule has 37 heavy (non-hydrogen) atoms. The van der Waals surface area contributed by atoms with E-state index in [2.05, 4.69) is 136 Å². The summed E-state index contributed by atoms with van der Waals surface area (Å²) in [6, 6.07) is 40.9. The van der Waals surface area contributed by atoms with Crippen LogP contribution in [0.3, 0.4) is 0 Å². The van der Waals surface area contributed by atoms with E-state index in [0.717, 1.165) is 27.1 Å². The number of hydrogen-bond acceptors (Lipinski definition) is 2. The number of pyridine rings is 1. The summed E-state index contributed by atoms with van der Waals surface area (Å²) >= 11 is 5.77. The van der Waals surface area contributed by atoms with Crippen molar-refractivity contribution in [1.82, 2.24) is 9.55 Å². The van der Waals surface area contributed by atoms with Crippen LogP contribution < -0.4 is 0 Å². The fourth-order valence-electron chi connectivity index (χ4n) is 5.67. The summed E-state index contributed by atoms with van der Waals surface area (Å²) < 4.78 is 6.05. The molecule has 0 aliphatic rings. The Balaban J connectivity index is 1.50. The molecule has 0 spiro atoms. The largest absolute Gasteiger partial charge is 0.292 e. The Bertz CT molecular complexity index is 2160. The molecule has 0 saturated heterocycles. The molecule has 0 amide bonds. The second-order valence-electron chi connectivity index (χ2n) is 9.32. The molecule has 0 aliphatic carbocycles. The molecule has 0 N–H and O–H groups in total. The normalized spacial score (nSPS) is 11.9. The van der Waals surface area contributed by atoms with Gasteiger partial charge in [-0.25, -0.2) is 4.98 Å². The summed E-state index contributed by atoms with van der Waals surface area (Å²) in [6.07, 6.45) is 0. The van der Waals surface area contributed by atoms with Crippen LogP contribution in [0.1, 0.15) is 0 Å². The van der Waals surface area contributed by atoms with Crippen molar-refractivity contribution in [2.75, 3.05) is 0 Å². The number of fused-ring (bicyclic) bond motifs is 8. The van der Waals surface area contributed by atoms with Crippen LogP contribution >= 0.6 is 27.3 Å². The van der Waals surface area contributed by atoms with Gasteiger partial charge in [0.05, 0.1) is 21.4 Å². The lowest BCUT2D eigenvalue weighted by atomic mass is 10.0. The first-order valence-electron chi connectivity index (χ1n) is 12.3. The summed E-state index contributed by atoms with van der Waals surface area (Å²) in [5.74, 6) is 0.928. The van der Waals surface area contributed by atoms with Gasteiger partial charge < -0.3 is 0 Å². The van der Waals surface area contributed by atoms with E-state index in [1.807, 2.05) is 11.3 Å². The third kappa shape index (κ3) is 3.06. The number of hydrogen-bond donors (Lipinski definition) is 0. The van der Waals surface area contributed by atoms with Gasteiger partial charge in [0, 0.05) is 36.3 Å². The molecule has 3 aromatic heterocycles. The first-order chi connectivity index (χ1) is 18.3. The lowest BCUT2D eigenvalue weighted by molar-refractivity contribution is 1.09. The number of aromatic nitrogens is 2. The van der Waals surface area contributed by atoms with Crippen LogP contribution in [0.2, 0.25) is 0 Å². The Morgan fingerprint density at radius 3 is 2.30 bits per heavy atom. The van der Waals surface area contributed by atoms with E-state index in [1.165, 1.54) is 47.2 Å². The molecule has 0 unspecified atom stereocenters. The van der Waals surface area contributed by atoms with E-state index in [1.54, 1.807) is 0 Å². The highest BCUT2D eigenvalue weighted by atomic mass is 79.9. The van der Waals surface area contributed by atoms with Gasteiger partial charge in [0.25, 0.3) is 0 Å². The minimum Gasteiger partial charge on any atom is -0.292 e. The van der Waals surface area contributed by atoms with Crippen molar-refractivity contribution in [3.8, 4) is 17.1 Å². The fourth-order valence-corrected chi connectivity index (χ4v) is 7.71. The van der Waals surface area contributed by atoms with Crippen LogP contribution in [0.25, 0.3) is 69.8 Å². The molecular weight excluding hydrogens is 536 g/mol. The Hall–Kier alpha value is -3.99.